The molecule has 0 bridgehead atoms. The summed E-state index contributed by atoms with van der Waals surface area (Å²) in [6.07, 6.45) is 1.94. The van der Waals surface area contributed by atoms with Crippen molar-refractivity contribution in [3.05, 3.63) is 41.5 Å². The van der Waals surface area contributed by atoms with Crippen molar-refractivity contribution in [3.8, 4) is 0 Å². The van der Waals surface area contributed by atoms with Crippen molar-refractivity contribution in [2.45, 2.75) is 33.1 Å². The molecule has 0 aliphatic carbocycles. The Morgan fingerprint density at radius 1 is 1.23 bits per heavy atom. The van der Waals surface area contributed by atoms with Crippen LogP contribution in [0.4, 0.5) is 0 Å². The van der Waals surface area contributed by atoms with E-state index in [2.05, 4.69) is 52.5 Å². The van der Waals surface area contributed by atoms with Crippen LogP contribution in [-0.4, -0.2) is 0 Å². The van der Waals surface area contributed by atoms with Crippen LogP contribution in [0.25, 0.3) is 6.08 Å². The fraction of sp³-hybridized carbons (Fsp3) is 0.385. The Bertz CT molecular complexity index is 313. The Morgan fingerprint density at radius 2 is 1.85 bits per heavy atom. The topological polar surface area (TPSA) is 0 Å². The van der Waals surface area contributed by atoms with E-state index in [1.807, 2.05) is 6.08 Å². The van der Waals surface area contributed by atoms with E-state index in [1.165, 1.54) is 16.7 Å². The predicted octanol–water partition coefficient (Wildman–Crippen LogP) is 3.94. The van der Waals surface area contributed by atoms with Gasteiger partial charge in [-0.25, -0.2) is 0 Å². The standard InChI is InChI=1S/C13H18/c1-6-11-9-10(2)7-8-12(11)13(3,4)5/h6-9H,1H2,2-5H3. The highest BCUT2D eigenvalue weighted by atomic mass is 14.2. The number of rotatable bonds is 1. The lowest BCUT2D eigenvalue weighted by atomic mass is 9.83. The molecule has 1 aromatic carbocycles. The number of aryl methyl sites for hydroxylation is 1. The maximum atomic E-state index is 3.85. The summed E-state index contributed by atoms with van der Waals surface area (Å²) in [4.78, 5) is 0. The van der Waals surface area contributed by atoms with Crippen molar-refractivity contribution in [3.63, 3.8) is 0 Å². The average molecular weight is 174 g/mol. The fourth-order valence-electron chi connectivity index (χ4n) is 1.53. The predicted molar refractivity (Wildman–Crippen MR) is 60.0 cm³/mol. The van der Waals surface area contributed by atoms with Gasteiger partial charge in [-0.1, -0.05) is 57.2 Å². The molecule has 0 heterocycles. The summed E-state index contributed by atoms with van der Waals surface area (Å²) in [6, 6.07) is 6.55. The lowest BCUT2D eigenvalue weighted by molar-refractivity contribution is 0.589. The molecule has 0 aliphatic heterocycles. The first-order valence-corrected chi connectivity index (χ1v) is 4.68. The minimum Gasteiger partial charge on any atom is -0.0985 e. The van der Waals surface area contributed by atoms with Crippen LogP contribution < -0.4 is 0 Å². The van der Waals surface area contributed by atoms with Gasteiger partial charge in [0.25, 0.3) is 0 Å². The van der Waals surface area contributed by atoms with Gasteiger partial charge in [0.05, 0.1) is 0 Å². The van der Waals surface area contributed by atoms with Crippen LogP contribution in [0, 0.1) is 6.92 Å². The van der Waals surface area contributed by atoms with Crippen molar-refractivity contribution in [1.82, 2.24) is 0 Å². The van der Waals surface area contributed by atoms with Gasteiger partial charge in [0.2, 0.25) is 0 Å². The molecule has 0 aromatic heterocycles. The number of hydrogen-bond acceptors (Lipinski definition) is 0. The van der Waals surface area contributed by atoms with Crippen molar-refractivity contribution >= 4 is 6.08 Å². The summed E-state index contributed by atoms with van der Waals surface area (Å²) in [7, 11) is 0. The average Bonchev–Trinajstić information content (AvgIpc) is 2.01. The van der Waals surface area contributed by atoms with Crippen LogP contribution in [0.3, 0.4) is 0 Å². The van der Waals surface area contributed by atoms with Gasteiger partial charge in [-0.2, -0.15) is 0 Å². The van der Waals surface area contributed by atoms with E-state index < -0.39 is 0 Å². The Balaban J connectivity index is 3.29. The Kier molecular flexibility index (Phi) is 2.60. The first-order valence-electron chi connectivity index (χ1n) is 4.68. The quantitative estimate of drug-likeness (QED) is 0.605. The van der Waals surface area contributed by atoms with Crippen molar-refractivity contribution in [1.29, 1.82) is 0 Å². The van der Waals surface area contributed by atoms with E-state index in [1.54, 1.807) is 0 Å². The highest BCUT2D eigenvalue weighted by molar-refractivity contribution is 5.55. The molecular formula is C13H18. The Labute approximate surface area is 81.3 Å². The molecule has 0 N–H and O–H groups in total. The monoisotopic (exact) mass is 174 g/mol. The van der Waals surface area contributed by atoms with E-state index in [9.17, 15) is 0 Å². The van der Waals surface area contributed by atoms with Crippen LogP contribution >= 0.6 is 0 Å². The molecular weight excluding hydrogens is 156 g/mol. The lowest BCUT2D eigenvalue weighted by Crippen LogP contribution is -2.12. The number of hydrogen-bond donors (Lipinski definition) is 0. The molecule has 1 rings (SSSR count). The van der Waals surface area contributed by atoms with E-state index in [0.29, 0.717) is 0 Å². The van der Waals surface area contributed by atoms with Gasteiger partial charge in [0.15, 0.2) is 0 Å². The molecule has 0 saturated carbocycles. The molecule has 0 radical (unpaired) electrons. The molecule has 1 aromatic rings. The zero-order valence-corrected chi connectivity index (χ0v) is 9.02. The van der Waals surface area contributed by atoms with Crippen LogP contribution in [-0.2, 0) is 5.41 Å². The second-order valence-electron chi connectivity index (χ2n) is 4.54. The molecule has 0 aliphatic rings. The van der Waals surface area contributed by atoms with Gasteiger partial charge >= 0.3 is 0 Å². The molecule has 0 spiro atoms. The first kappa shape index (κ1) is 10.0. The molecule has 70 valence electrons. The van der Waals surface area contributed by atoms with E-state index in [4.69, 9.17) is 0 Å². The highest BCUT2D eigenvalue weighted by Crippen LogP contribution is 2.27. The zero-order chi connectivity index (χ0) is 10.1. The Morgan fingerprint density at radius 3 is 2.31 bits per heavy atom. The Hall–Kier alpha value is -1.04. The fourth-order valence-corrected chi connectivity index (χ4v) is 1.53. The molecule has 0 heteroatoms. The zero-order valence-electron chi connectivity index (χ0n) is 9.02. The molecule has 0 saturated heterocycles. The third kappa shape index (κ3) is 2.21. The van der Waals surface area contributed by atoms with Crippen molar-refractivity contribution in [2.75, 3.05) is 0 Å². The highest BCUT2D eigenvalue weighted by Gasteiger charge is 2.15. The maximum absolute atomic E-state index is 3.85. The number of benzene rings is 1. The van der Waals surface area contributed by atoms with E-state index in [0.717, 1.165) is 0 Å². The van der Waals surface area contributed by atoms with Crippen LogP contribution in [0.2, 0.25) is 0 Å². The molecule has 0 unspecified atom stereocenters. The normalized spacial score (nSPS) is 11.4. The minimum atomic E-state index is 0.206. The second kappa shape index (κ2) is 3.37. The van der Waals surface area contributed by atoms with Gasteiger partial charge in [-0.3, -0.25) is 0 Å². The molecule has 0 fully saturated rings. The summed E-state index contributed by atoms with van der Waals surface area (Å²) in [5.41, 5.74) is 4.13. The lowest BCUT2D eigenvalue weighted by Gasteiger charge is -2.22. The summed E-state index contributed by atoms with van der Waals surface area (Å²) >= 11 is 0. The summed E-state index contributed by atoms with van der Waals surface area (Å²) in [5, 5.41) is 0. The largest absolute Gasteiger partial charge is 0.0985 e. The summed E-state index contributed by atoms with van der Waals surface area (Å²) < 4.78 is 0. The van der Waals surface area contributed by atoms with E-state index >= 15 is 0 Å². The van der Waals surface area contributed by atoms with Gasteiger partial charge in [-0.05, 0) is 23.5 Å². The minimum absolute atomic E-state index is 0.206. The molecule has 0 atom stereocenters. The third-order valence-corrected chi connectivity index (χ3v) is 2.23. The molecule has 13 heavy (non-hydrogen) atoms. The van der Waals surface area contributed by atoms with Gasteiger partial charge in [-0.15, -0.1) is 0 Å². The van der Waals surface area contributed by atoms with Crippen LogP contribution in [0.15, 0.2) is 24.8 Å². The SMILES string of the molecule is C=Cc1cc(C)ccc1C(C)(C)C. The third-order valence-electron chi connectivity index (χ3n) is 2.23. The van der Waals surface area contributed by atoms with Gasteiger partial charge < -0.3 is 0 Å². The molecule has 0 nitrogen and oxygen atoms in total. The smallest absolute Gasteiger partial charge is 0.0126 e. The summed E-state index contributed by atoms with van der Waals surface area (Å²) in [6.45, 7) is 12.6. The second-order valence-corrected chi connectivity index (χ2v) is 4.54. The van der Waals surface area contributed by atoms with Crippen LogP contribution in [0.5, 0.6) is 0 Å². The maximum Gasteiger partial charge on any atom is -0.0126 e. The summed E-state index contributed by atoms with van der Waals surface area (Å²) in [5.74, 6) is 0. The van der Waals surface area contributed by atoms with Crippen LogP contribution in [0.1, 0.15) is 37.5 Å². The molecule has 0 amide bonds. The van der Waals surface area contributed by atoms with Crippen molar-refractivity contribution in [2.24, 2.45) is 0 Å². The van der Waals surface area contributed by atoms with Crippen molar-refractivity contribution < 1.29 is 0 Å². The first-order chi connectivity index (χ1) is 5.95. The van der Waals surface area contributed by atoms with Gasteiger partial charge in [0, 0.05) is 0 Å². The van der Waals surface area contributed by atoms with Gasteiger partial charge in [0.1, 0.15) is 0 Å². The van der Waals surface area contributed by atoms with E-state index in [-0.39, 0.29) is 5.41 Å².